The molecule has 2 nitrogen and oxygen atoms in total. The van der Waals surface area contributed by atoms with Crippen LogP contribution in [0.2, 0.25) is 0 Å². The summed E-state index contributed by atoms with van der Waals surface area (Å²) in [5, 5.41) is 20.1. The summed E-state index contributed by atoms with van der Waals surface area (Å²) in [5.41, 5.74) is 0.758. The van der Waals surface area contributed by atoms with Gasteiger partial charge in [-0.15, -0.1) is 0 Å². The van der Waals surface area contributed by atoms with E-state index in [9.17, 15) is 14.6 Å². The molecule has 0 fully saturated rings. The summed E-state index contributed by atoms with van der Waals surface area (Å²) in [4.78, 5) is 0. The van der Waals surface area contributed by atoms with Gasteiger partial charge in [0, 0.05) is 12.7 Å². The molecule has 1 aromatic carbocycles. The molecular formula is C19H31FO2. The maximum absolute atomic E-state index is 13.3. The Balaban J connectivity index is 3.15. The first-order valence-electron chi connectivity index (χ1n) is 8.37. The van der Waals surface area contributed by atoms with E-state index < -0.39 is 5.82 Å². The van der Waals surface area contributed by atoms with E-state index in [1.54, 1.807) is 6.07 Å². The van der Waals surface area contributed by atoms with E-state index in [1.165, 1.54) is 12.1 Å². The summed E-state index contributed by atoms with van der Waals surface area (Å²) >= 11 is 0. The summed E-state index contributed by atoms with van der Waals surface area (Å²) in [6, 6.07) is 4.24. The highest BCUT2D eigenvalue weighted by molar-refractivity contribution is 5.36. The van der Waals surface area contributed by atoms with Gasteiger partial charge < -0.3 is 10.2 Å². The molecule has 1 aromatic rings. The molecule has 3 unspecified atom stereocenters. The van der Waals surface area contributed by atoms with E-state index in [0.29, 0.717) is 17.8 Å². The lowest BCUT2D eigenvalue weighted by Gasteiger charge is -2.34. The monoisotopic (exact) mass is 310 g/mol. The quantitative estimate of drug-likeness (QED) is 0.713. The summed E-state index contributed by atoms with van der Waals surface area (Å²) in [6.07, 6.45) is 1.90. The molecule has 0 heterocycles. The maximum atomic E-state index is 13.3. The average Bonchev–Trinajstić information content (AvgIpc) is 2.43. The SMILES string of the molecule is CC(C)CCC(c1ccc(F)cc1O)C(CO)C(C)C(C)C. The highest BCUT2D eigenvalue weighted by Crippen LogP contribution is 2.41. The Kier molecular flexibility index (Phi) is 7.34. The molecule has 0 spiro atoms. The van der Waals surface area contributed by atoms with Gasteiger partial charge in [-0.2, -0.15) is 0 Å². The van der Waals surface area contributed by atoms with Gasteiger partial charge in [0.2, 0.25) is 0 Å². The third-order valence-corrected chi connectivity index (χ3v) is 4.90. The van der Waals surface area contributed by atoms with Crippen molar-refractivity contribution in [1.29, 1.82) is 0 Å². The van der Waals surface area contributed by atoms with Gasteiger partial charge in [-0.3, -0.25) is 0 Å². The van der Waals surface area contributed by atoms with Gasteiger partial charge >= 0.3 is 0 Å². The Morgan fingerprint density at radius 1 is 1.05 bits per heavy atom. The number of aromatic hydroxyl groups is 1. The van der Waals surface area contributed by atoms with Gasteiger partial charge in [-0.05, 0) is 47.6 Å². The van der Waals surface area contributed by atoms with Crippen molar-refractivity contribution < 1.29 is 14.6 Å². The topological polar surface area (TPSA) is 40.5 Å². The lowest BCUT2D eigenvalue weighted by molar-refractivity contribution is 0.125. The molecule has 0 radical (unpaired) electrons. The second-order valence-corrected chi connectivity index (χ2v) is 7.23. The van der Waals surface area contributed by atoms with E-state index in [1.807, 2.05) is 0 Å². The fraction of sp³-hybridized carbons (Fsp3) is 0.684. The molecule has 22 heavy (non-hydrogen) atoms. The second-order valence-electron chi connectivity index (χ2n) is 7.23. The standard InChI is InChI=1S/C19H31FO2/c1-12(2)6-8-16(18(11-21)14(5)13(3)4)17-9-7-15(20)10-19(17)22/h7,9-10,12-14,16,18,21-22H,6,8,11H2,1-5H3. The highest BCUT2D eigenvalue weighted by Gasteiger charge is 2.30. The van der Waals surface area contributed by atoms with Crippen LogP contribution in [0.15, 0.2) is 18.2 Å². The smallest absolute Gasteiger partial charge is 0.126 e. The summed E-state index contributed by atoms with van der Waals surface area (Å²) in [5.74, 6) is 1.01. The average molecular weight is 310 g/mol. The number of aliphatic hydroxyl groups excluding tert-OH is 1. The van der Waals surface area contributed by atoms with Crippen LogP contribution < -0.4 is 0 Å². The number of hydrogen-bond donors (Lipinski definition) is 2. The van der Waals surface area contributed by atoms with Crippen LogP contribution in [0.3, 0.4) is 0 Å². The van der Waals surface area contributed by atoms with E-state index in [-0.39, 0.29) is 24.2 Å². The molecule has 3 heteroatoms. The number of phenolic OH excluding ortho intramolecular Hbond substituents is 1. The van der Waals surface area contributed by atoms with Gasteiger partial charge in [0.05, 0.1) is 0 Å². The number of phenols is 1. The zero-order chi connectivity index (χ0) is 16.9. The third kappa shape index (κ3) is 4.98. The highest BCUT2D eigenvalue weighted by atomic mass is 19.1. The van der Waals surface area contributed by atoms with Crippen molar-refractivity contribution in [3.63, 3.8) is 0 Å². The molecule has 0 saturated heterocycles. The molecular weight excluding hydrogens is 279 g/mol. The van der Waals surface area contributed by atoms with Gasteiger partial charge in [0.1, 0.15) is 11.6 Å². The van der Waals surface area contributed by atoms with Gasteiger partial charge in [0.25, 0.3) is 0 Å². The minimum atomic E-state index is -0.429. The Morgan fingerprint density at radius 2 is 1.68 bits per heavy atom. The zero-order valence-corrected chi connectivity index (χ0v) is 14.5. The fourth-order valence-electron chi connectivity index (χ4n) is 3.10. The van der Waals surface area contributed by atoms with Crippen LogP contribution in [0.4, 0.5) is 4.39 Å². The van der Waals surface area contributed by atoms with Crippen molar-refractivity contribution in [1.82, 2.24) is 0 Å². The fourth-order valence-corrected chi connectivity index (χ4v) is 3.10. The van der Waals surface area contributed by atoms with Crippen LogP contribution in [0, 0.1) is 29.5 Å². The van der Waals surface area contributed by atoms with Gasteiger partial charge in [-0.1, -0.05) is 47.1 Å². The second kappa shape index (κ2) is 8.52. The van der Waals surface area contributed by atoms with Crippen molar-refractivity contribution in [2.75, 3.05) is 6.61 Å². The van der Waals surface area contributed by atoms with Gasteiger partial charge in [-0.25, -0.2) is 4.39 Å². The van der Waals surface area contributed by atoms with Crippen molar-refractivity contribution >= 4 is 0 Å². The lowest BCUT2D eigenvalue weighted by atomic mass is 9.72. The van der Waals surface area contributed by atoms with E-state index in [2.05, 4.69) is 34.6 Å². The molecule has 0 aromatic heterocycles. The van der Waals surface area contributed by atoms with E-state index >= 15 is 0 Å². The summed E-state index contributed by atoms with van der Waals surface area (Å²) in [7, 11) is 0. The number of aliphatic hydroxyl groups is 1. The predicted molar refractivity (Wildman–Crippen MR) is 89.5 cm³/mol. The first-order valence-corrected chi connectivity index (χ1v) is 8.37. The molecule has 0 aliphatic heterocycles. The van der Waals surface area contributed by atoms with Crippen molar-refractivity contribution in [3.8, 4) is 5.75 Å². The largest absolute Gasteiger partial charge is 0.508 e. The molecule has 3 atom stereocenters. The Morgan fingerprint density at radius 3 is 2.14 bits per heavy atom. The number of benzene rings is 1. The Labute approximate surface area is 134 Å². The predicted octanol–water partition coefficient (Wildman–Crippen LogP) is 4.95. The van der Waals surface area contributed by atoms with Crippen LogP contribution >= 0.6 is 0 Å². The molecule has 0 aliphatic rings. The Bertz CT molecular complexity index is 457. The molecule has 126 valence electrons. The minimum Gasteiger partial charge on any atom is -0.508 e. The molecule has 0 amide bonds. The first kappa shape index (κ1) is 19.0. The lowest BCUT2D eigenvalue weighted by Crippen LogP contribution is -2.27. The van der Waals surface area contributed by atoms with Crippen LogP contribution in [0.1, 0.15) is 58.9 Å². The molecule has 0 saturated carbocycles. The molecule has 0 bridgehead atoms. The third-order valence-electron chi connectivity index (χ3n) is 4.90. The number of hydrogen-bond acceptors (Lipinski definition) is 2. The van der Waals surface area contributed by atoms with Crippen LogP contribution in [-0.2, 0) is 0 Å². The minimum absolute atomic E-state index is 0.00293. The molecule has 0 aliphatic carbocycles. The number of halogens is 1. The van der Waals surface area contributed by atoms with Crippen molar-refractivity contribution in [2.45, 2.75) is 53.4 Å². The Hall–Kier alpha value is -1.09. The van der Waals surface area contributed by atoms with Crippen molar-refractivity contribution in [2.24, 2.45) is 23.7 Å². The van der Waals surface area contributed by atoms with Gasteiger partial charge in [0.15, 0.2) is 0 Å². The zero-order valence-electron chi connectivity index (χ0n) is 14.5. The first-order chi connectivity index (χ1) is 10.3. The molecule has 2 N–H and O–H groups in total. The van der Waals surface area contributed by atoms with Crippen molar-refractivity contribution in [3.05, 3.63) is 29.6 Å². The van der Waals surface area contributed by atoms with E-state index in [0.717, 1.165) is 18.4 Å². The molecule has 1 rings (SSSR count). The van der Waals surface area contributed by atoms with E-state index in [4.69, 9.17) is 0 Å². The normalized spacial score (nSPS) is 16.0. The maximum Gasteiger partial charge on any atom is 0.126 e. The van der Waals surface area contributed by atoms with Crippen LogP contribution in [0.25, 0.3) is 0 Å². The summed E-state index contributed by atoms with van der Waals surface area (Å²) in [6.45, 7) is 10.9. The van der Waals surface area contributed by atoms with Crippen LogP contribution in [-0.4, -0.2) is 16.8 Å². The van der Waals surface area contributed by atoms with Crippen LogP contribution in [0.5, 0.6) is 5.75 Å². The summed E-state index contributed by atoms with van der Waals surface area (Å²) < 4.78 is 13.3. The number of rotatable bonds is 8.